The van der Waals surface area contributed by atoms with Gasteiger partial charge in [0.2, 0.25) is 0 Å². The SMILES string of the molecule is CSCCS(=O)CC(C)(C)N. The third-order valence-corrected chi connectivity index (χ3v) is 3.64. The first-order chi connectivity index (χ1) is 4.95. The summed E-state index contributed by atoms with van der Waals surface area (Å²) in [6.07, 6.45) is 2.02. The molecule has 0 bridgehead atoms. The highest BCUT2D eigenvalue weighted by Gasteiger charge is 2.14. The van der Waals surface area contributed by atoms with E-state index in [0.717, 1.165) is 11.5 Å². The summed E-state index contributed by atoms with van der Waals surface area (Å²) in [6, 6.07) is 0. The Morgan fingerprint density at radius 2 is 2.09 bits per heavy atom. The molecular formula is C7H17NOS2. The van der Waals surface area contributed by atoms with Gasteiger partial charge in [0.1, 0.15) is 0 Å². The maximum atomic E-state index is 11.2. The molecule has 0 radical (unpaired) electrons. The number of nitrogens with two attached hydrogens (primary N) is 1. The van der Waals surface area contributed by atoms with Crippen molar-refractivity contribution in [3.05, 3.63) is 0 Å². The zero-order valence-electron chi connectivity index (χ0n) is 7.42. The Labute approximate surface area is 75.8 Å². The number of hydrogen-bond acceptors (Lipinski definition) is 3. The van der Waals surface area contributed by atoms with Crippen LogP contribution in [0.2, 0.25) is 0 Å². The quantitative estimate of drug-likeness (QED) is 0.707. The minimum atomic E-state index is -0.735. The van der Waals surface area contributed by atoms with Gasteiger partial charge < -0.3 is 5.73 Å². The monoisotopic (exact) mass is 195 g/mol. The number of thioether (sulfide) groups is 1. The fourth-order valence-corrected chi connectivity index (χ4v) is 3.05. The highest BCUT2D eigenvalue weighted by atomic mass is 32.2. The van der Waals surface area contributed by atoms with E-state index in [0.29, 0.717) is 5.75 Å². The van der Waals surface area contributed by atoms with Gasteiger partial charge in [0, 0.05) is 33.6 Å². The third kappa shape index (κ3) is 8.37. The molecule has 68 valence electrons. The van der Waals surface area contributed by atoms with E-state index < -0.39 is 10.8 Å². The normalized spacial score (nSPS) is 14.9. The summed E-state index contributed by atoms with van der Waals surface area (Å²) < 4.78 is 11.2. The molecule has 1 atom stereocenters. The third-order valence-electron chi connectivity index (χ3n) is 1.05. The van der Waals surface area contributed by atoms with Crippen molar-refractivity contribution in [2.75, 3.05) is 23.5 Å². The van der Waals surface area contributed by atoms with Crippen LogP contribution in [-0.2, 0) is 10.8 Å². The molecular weight excluding hydrogens is 178 g/mol. The van der Waals surface area contributed by atoms with E-state index in [4.69, 9.17) is 5.73 Å². The minimum absolute atomic E-state index is 0.288. The summed E-state index contributed by atoms with van der Waals surface area (Å²) in [5.74, 6) is 2.33. The molecule has 0 saturated carbocycles. The number of rotatable bonds is 5. The molecule has 4 heteroatoms. The molecule has 0 saturated heterocycles. The maximum Gasteiger partial charge on any atom is 0.0410 e. The molecule has 0 amide bonds. The van der Waals surface area contributed by atoms with E-state index in [1.165, 1.54) is 0 Å². The van der Waals surface area contributed by atoms with Crippen molar-refractivity contribution >= 4 is 22.6 Å². The van der Waals surface area contributed by atoms with Crippen LogP contribution in [0.4, 0.5) is 0 Å². The average Bonchev–Trinajstić information content (AvgIpc) is 1.79. The van der Waals surface area contributed by atoms with E-state index in [9.17, 15) is 4.21 Å². The Bertz CT molecular complexity index is 131. The van der Waals surface area contributed by atoms with Crippen molar-refractivity contribution in [3.63, 3.8) is 0 Å². The lowest BCUT2D eigenvalue weighted by atomic mass is 10.1. The first-order valence-corrected chi connectivity index (χ1v) is 6.47. The van der Waals surface area contributed by atoms with E-state index >= 15 is 0 Å². The zero-order valence-corrected chi connectivity index (χ0v) is 9.06. The van der Waals surface area contributed by atoms with Gasteiger partial charge >= 0.3 is 0 Å². The van der Waals surface area contributed by atoms with Crippen molar-refractivity contribution in [2.45, 2.75) is 19.4 Å². The number of hydrogen-bond donors (Lipinski definition) is 1. The van der Waals surface area contributed by atoms with Gasteiger partial charge in [0.05, 0.1) is 0 Å². The molecule has 1 unspecified atom stereocenters. The minimum Gasteiger partial charge on any atom is -0.325 e. The Morgan fingerprint density at radius 1 is 1.55 bits per heavy atom. The van der Waals surface area contributed by atoms with E-state index in [1.54, 1.807) is 11.8 Å². The molecule has 0 aromatic rings. The predicted molar refractivity (Wildman–Crippen MR) is 54.5 cm³/mol. The summed E-state index contributed by atoms with van der Waals surface area (Å²) in [5, 5.41) is 0. The van der Waals surface area contributed by atoms with Crippen LogP contribution < -0.4 is 5.73 Å². The lowest BCUT2D eigenvalue weighted by molar-refractivity contribution is 0.578. The Balaban J connectivity index is 3.53. The fourth-order valence-electron chi connectivity index (χ4n) is 0.663. The first kappa shape index (κ1) is 11.5. The molecule has 2 nitrogen and oxygen atoms in total. The van der Waals surface area contributed by atoms with Crippen molar-refractivity contribution in [3.8, 4) is 0 Å². The predicted octanol–water partition coefficient (Wildman–Crippen LogP) is 0.835. The van der Waals surface area contributed by atoms with Gasteiger partial charge in [-0.25, -0.2) is 0 Å². The van der Waals surface area contributed by atoms with Gasteiger partial charge in [0.15, 0.2) is 0 Å². The largest absolute Gasteiger partial charge is 0.325 e. The van der Waals surface area contributed by atoms with Crippen molar-refractivity contribution in [2.24, 2.45) is 5.73 Å². The van der Waals surface area contributed by atoms with Gasteiger partial charge in [-0.15, -0.1) is 0 Å². The van der Waals surface area contributed by atoms with Crippen molar-refractivity contribution in [1.82, 2.24) is 0 Å². The molecule has 11 heavy (non-hydrogen) atoms. The topological polar surface area (TPSA) is 43.1 Å². The molecule has 0 heterocycles. The molecule has 2 N–H and O–H groups in total. The second-order valence-electron chi connectivity index (χ2n) is 3.27. The first-order valence-electron chi connectivity index (χ1n) is 3.58. The summed E-state index contributed by atoms with van der Waals surface area (Å²) in [7, 11) is -0.735. The van der Waals surface area contributed by atoms with Gasteiger partial charge in [-0.05, 0) is 20.1 Å². The second-order valence-corrected chi connectivity index (χ2v) is 5.83. The van der Waals surface area contributed by atoms with Crippen LogP contribution in [0.1, 0.15) is 13.8 Å². The standard InChI is InChI=1S/C7H17NOS2/c1-7(2,8)6-11(9)5-4-10-3/h4-6,8H2,1-3H3. The summed E-state index contributed by atoms with van der Waals surface area (Å²) in [4.78, 5) is 0. The average molecular weight is 195 g/mol. The molecule has 0 aliphatic rings. The smallest absolute Gasteiger partial charge is 0.0410 e. The van der Waals surface area contributed by atoms with Crippen LogP contribution in [0, 0.1) is 0 Å². The van der Waals surface area contributed by atoms with Crippen LogP contribution in [0.25, 0.3) is 0 Å². The molecule has 0 aliphatic carbocycles. The fraction of sp³-hybridized carbons (Fsp3) is 1.00. The Hall–Kier alpha value is 0.460. The molecule has 0 aromatic heterocycles. The van der Waals surface area contributed by atoms with Gasteiger partial charge in [-0.2, -0.15) is 11.8 Å². The molecule has 0 fully saturated rings. The van der Waals surface area contributed by atoms with Crippen LogP contribution in [-0.4, -0.2) is 33.3 Å². The Morgan fingerprint density at radius 3 is 2.45 bits per heavy atom. The van der Waals surface area contributed by atoms with E-state index in [-0.39, 0.29) is 5.54 Å². The summed E-state index contributed by atoms with van der Waals surface area (Å²) >= 11 is 1.72. The highest BCUT2D eigenvalue weighted by Crippen LogP contribution is 2.01. The lowest BCUT2D eigenvalue weighted by Crippen LogP contribution is -2.38. The van der Waals surface area contributed by atoms with Gasteiger partial charge in [-0.3, -0.25) is 4.21 Å². The highest BCUT2D eigenvalue weighted by molar-refractivity contribution is 7.99. The van der Waals surface area contributed by atoms with E-state index in [2.05, 4.69) is 0 Å². The van der Waals surface area contributed by atoms with Gasteiger partial charge in [0.25, 0.3) is 0 Å². The van der Waals surface area contributed by atoms with Crippen LogP contribution >= 0.6 is 11.8 Å². The molecule has 0 aliphatic heterocycles. The summed E-state index contributed by atoms with van der Waals surface area (Å²) in [6.45, 7) is 3.81. The lowest BCUT2D eigenvalue weighted by Gasteiger charge is -2.16. The van der Waals surface area contributed by atoms with Crippen LogP contribution in [0.3, 0.4) is 0 Å². The van der Waals surface area contributed by atoms with Crippen LogP contribution in [0.5, 0.6) is 0 Å². The molecule has 0 rings (SSSR count). The van der Waals surface area contributed by atoms with Crippen molar-refractivity contribution < 1.29 is 4.21 Å². The van der Waals surface area contributed by atoms with E-state index in [1.807, 2.05) is 20.1 Å². The maximum absolute atomic E-state index is 11.2. The van der Waals surface area contributed by atoms with Crippen LogP contribution in [0.15, 0.2) is 0 Å². The molecule has 0 spiro atoms. The zero-order chi connectivity index (χ0) is 8.91. The summed E-state index contributed by atoms with van der Waals surface area (Å²) in [5.41, 5.74) is 5.42. The van der Waals surface area contributed by atoms with Gasteiger partial charge in [-0.1, -0.05) is 0 Å². The van der Waals surface area contributed by atoms with Crippen molar-refractivity contribution in [1.29, 1.82) is 0 Å². The second kappa shape index (κ2) is 5.17. The molecule has 0 aromatic carbocycles. The Kier molecular flexibility index (Phi) is 5.38.